The third-order valence-corrected chi connectivity index (χ3v) is 8.84. The van der Waals surface area contributed by atoms with E-state index < -0.39 is 12.1 Å². The average molecular weight is 863 g/mol. The summed E-state index contributed by atoms with van der Waals surface area (Å²) in [5.41, 5.74) is 0. The van der Waals surface area contributed by atoms with Crippen LogP contribution in [0, 0.1) is 0 Å². The van der Waals surface area contributed by atoms with E-state index in [-0.39, 0.29) is 44.4 Å². The molecule has 0 aromatic heterocycles. The van der Waals surface area contributed by atoms with Crippen molar-refractivity contribution in [1.82, 2.24) is 0 Å². The summed E-state index contributed by atoms with van der Waals surface area (Å²) < 4.78 is 16.6. The lowest BCUT2D eigenvalue weighted by Crippen LogP contribution is -2.30. The average Bonchev–Trinajstić information content (AvgIpc) is 3.28. The summed E-state index contributed by atoms with van der Waals surface area (Å²) in [6, 6.07) is 0. The van der Waals surface area contributed by atoms with E-state index in [0.717, 1.165) is 89.9 Å². The van der Waals surface area contributed by atoms with Crippen molar-refractivity contribution < 1.29 is 28.6 Å². The van der Waals surface area contributed by atoms with Gasteiger partial charge in [-0.15, -0.1) is 0 Å². The van der Waals surface area contributed by atoms with Gasteiger partial charge in [-0.25, -0.2) is 0 Å². The first kappa shape index (κ1) is 57.8. The highest BCUT2D eigenvalue weighted by Crippen LogP contribution is 2.09. The normalized spacial score (nSPS) is 13.6. The number of rotatable bonds is 39. The Kier molecular flexibility index (Phi) is 45.3. The molecule has 0 N–H and O–H groups in total. The summed E-state index contributed by atoms with van der Waals surface area (Å²) >= 11 is 0. The number of ether oxygens (including phenoxy) is 3. The number of hydrogen-bond acceptors (Lipinski definition) is 6. The fourth-order valence-corrected chi connectivity index (χ4v) is 5.39. The summed E-state index contributed by atoms with van der Waals surface area (Å²) in [5.74, 6) is -1.16. The quantitative estimate of drug-likeness (QED) is 0.0201. The summed E-state index contributed by atoms with van der Waals surface area (Å²) in [6.07, 6.45) is 73.5. The highest BCUT2D eigenvalue weighted by molar-refractivity contribution is 5.71. The van der Waals surface area contributed by atoms with E-state index >= 15 is 0 Å². The monoisotopic (exact) mass is 863 g/mol. The third-order valence-electron chi connectivity index (χ3n) is 8.84. The Hall–Kier alpha value is -5.23. The zero-order valence-electron chi connectivity index (χ0n) is 39.2. The molecule has 1 atom stereocenters. The molecule has 63 heavy (non-hydrogen) atoms. The summed E-state index contributed by atoms with van der Waals surface area (Å²) in [6.45, 7) is 6.06. The molecule has 0 aromatic rings. The van der Waals surface area contributed by atoms with Gasteiger partial charge in [-0.3, -0.25) is 14.4 Å². The second-order valence-corrected chi connectivity index (χ2v) is 14.6. The van der Waals surface area contributed by atoms with Crippen LogP contribution in [0.1, 0.15) is 149 Å². The second kappa shape index (κ2) is 49.4. The van der Waals surface area contributed by atoms with Crippen molar-refractivity contribution in [1.29, 1.82) is 0 Å². The molecule has 6 heteroatoms. The zero-order chi connectivity index (χ0) is 45.8. The maximum Gasteiger partial charge on any atom is 0.306 e. The van der Waals surface area contributed by atoms with Crippen molar-refractivity contribution >= 4 is 17.9 Å². The van der Waals surface area contributed by atoms with Gasteiger partial charge in [-0.05, 0) is 103 Å². The molecule has 0 bridgehead atoms. The van der Waals surface area contributed by atoms with Crippen LogP contribution in [-0.4, -0.2) is 37.2 Å². The molecular formula is C57H82O6. The third kappa shape index (κ3) is 47.7. The van der Waals surface area contributed by atoms with Crippen molar-refractivity contribution in [3.8, 4) is 0 Å². The van der Waals surface area contributed by atoms with E-state index in [0.29, 0.717) is 19.3 Å². The van der Waals surface area contributed by atoms with Crippen LogP contribution in [0.4, 0.5) is 0 Å². The minimum Gasteiger partial charge on any atom is -0.462 e. The number of esters is 3. The topological polar surface area (TPSA) is 78.9 Å². The van der Waals surface area contributed by atoms with Crippen LogP contribution in [0.3, 0.4) is 0 Å². The highest BCUT2D eigenvalue weighted by atomic mass is 16.6. The largest absolute Gasteiger partial charge is 0.462 e. The van der Waals surface area contributed by atoms with E-state index in [4.69, 9.17) is 14.2 Å². The lowest BCUT2D eigenvalue weighted by Gasteiger charge is -2.18. The SMILES string of the molecule is CC\C=C/C=C\C=C/C=C\C=C/CCCC(=O)OCC(COC(=O)CC/C=C\C/C=C\C/C=C\C/C=C\C/C=C\CC)OC(=O)CCCCC/C=C\C/C=C\C/C=C\C/C=C\CC. The smallest absolute Gasteiger partial charge is 0.306 e. The van der Waals surface area contributed by atoms with Crippen LogP contribution in [0.5, 0.6) is 0 Å². The number of allylic oxidation sites excluding steroid dienone is 28. The fraction of sp³-hybridized carbons (Fsp3) is 0.456. The van der Waals surface area contributed by atoms with Gasteiger partial charge in [0.1, 0.15) is 13.2 Å². The summed E-state index contributed by atoms with van der Waals surface area (Å²) in [7, 11) is 0. The van der Waals surface area contributed by atoms with E-state index in [2.05, 4.69) is 124 Å². The van der Waals surface area contributed by atoms with Crippen molar-refractivity contribution in [3.05, 3.63) is 170 Å². The minimum absolute atomic E-state index is 0.161. The van der Waals surface area contributed by atoms with Gasteiger partial charge in [0.25, 0.3) is 0 Å². The molecule has 0 spiro atoms. The molecule has 0 heterocycles. The number of unbranched alkanes of at least 4 members (excludes halogenated alkanes) is 4. The van der Waals surface area contributed by atoms with Gasteiger partial charge in [0.15, 0.2) is 6.10 Å². The molecule has 1 unspecified atom stereocenters. The Morgan fingerprint density at radius 1 is 0.333 bits per heavy atom. The zero-order valence-corrected chi connectivity index (χ0v) is 39.2. The van der Waals surface area contributed by atoms with Crippen LogP contribution in [0.15, 0.2) is 170 Å². The van der Waals surface area contributed by atoms with E-state index in [1.54, 1.807) is 0 Å². The minimum atomic E-state index is -0.862. The first-order valence-corrected chi connectivity index (χ1v) is 23.7. The van der Waals surface area contributed by atoms with E-state index in [9.17, 15) is 14.4 Å². The molecule has 0 rings (SSSR count). The van der Waals surface area contributed by atoms with E-state index in [1.165, 1.54) is 0 Å². The molecule has 0 aromatic carbocycles. The van der Waals surface area contributed by atoms with Gasteiger partial charge < -0.3 is 14.2 Å². The molecule has 0 saturated heterocycles. The summed E-state index contributed by atoms with van der Waals surface area (Å²) in [4.78, 5) is 37.8. The first-order valence-electron chi connectivity index (χ1n) is 23.7. The Bertz CT molecular complexity index is 1550. The molecule has 0 saturated carbocycles. The van der Waals surface area contributed by atoms with Gasteiger partial charge in [0.2, 0.25) is 0 Å². The lowest BCUT2D eigenvalue weighted by atomic mass is 10.1. The molecule has 0 aliphatic rings. The Balaban J connectivity index is 4.71. The predicted octanol–water partition coefficient (Wildman–Crippen LogP) is 15.6. The van der Waals surface area contributed by atoms with Gasteiger partial charge in [0.05, 0.1) is 0 Å². The Morgan fingerprint density at radius 2 is 0.698 bits per heavy atom. The van der Waals surface area contributed by atoms with Crippen LogP contribution < -0.4 is 0 Å². The Labute approximate surface area is 383 Å². The predicted molar refractivity (Wildman–Crippen MR) is 269 cm³/mol. The first-order chi connectivity index (χ1) is 31.0. The molecular weight excluding hydrogens is 781 g/mol. The van der Waals surface area contributed by atoms with Crippen molar-refractivity contribution in [3.63, 3.8) is 0 Å². The fourth-order valence-electron chi connectivity index (χ4n) is 5.39. The van der Waals surface area contributed by atoms with Gasteiger partial charge in [-0.2, -0.15) is 0 Å². The van der Waals surface area contributed by atoms with E-state index in [1.807, 2.05) is 66.8 Å². The van der Waals surface area contributed by atoms with Gasteiger partial charge in [-0.1, -0.05) is 197 Å². The lowest BCUT2D eigenvalue weighted by molar-refractivity contribution is -0.166. The Morgan fingerprint density at radius 3 is 1.17 bits per heavy atom. The van der Waals surface area contributed by atoms with Gasteiger partial charge in [0, 0.05) is 19.3 Å². The molecule has 0 radical (unpaired) electrons. The molecule has 0 fully saturated rings. The molecule has 0 aliphatic heterocycles. The maximum absolute atomic E-state index is 12.8. The molecule has 0 aliphatic carbocycles. The number of carbonyl (C=O) groups is 3. The molecule has 346 valence electrons. The van der Waals surface area contributed by atoms with Crippen LogP contribution in [-0.2, 0) is 28.6 Å². The van der Waals surface area contributed by atoms with Crippen LogP contribution in [0.2, 0.25) is 0 Å². The maximum atomic E-state index is 12.8. The van der Waals surface area contributed by atoms with Gasteiger partial charge >= 0.3 is 17.9 Å². The number of carbonyl (C=O) groups excluding carboxylic acids is 3. The van der Waals surface area contributed by atoms with Crippen molar-refractivity contribution in [2.24, 2.45) is 0 Å². The standard InChI is InChI=1S/C57H82O6/c1-4-7-10-13-16-19-22-25-27-29-32-35-38-41-44-47-50-56(59)62-53-54(52-61-55(58)49-46-43-40-37-34-31-24-21-18-15-12-9-6-3)63-57(60)51-48-45-42-39-36-33-30-28-26-23-20-17-14-11-8-5-2/h7-12,15-21,24-28,31-37,40-41,44,54H,4-6,13-14,22-23,29-30,38-39,42-43,45-53H2,1-3H3/b10-7-,11-8-,12-9-,18-15-,19-16-,20-17-,24-21-,27-25-,28-26-,34-31-,35-32-,36-33-,40-37-,44-41-. The number of hydrogen-bond donors (Lipinski definition) is 0. The molecule has 6 nitrogen and oxygen atoms in total. The molecule has 0 amide bonds. The van der Waals surface area contributed by atoms with Crippen LogP contribution >= 0.6 is 0 Å². The highest BCUT2D eigenvalue weighted by Gasteiger charge is 2.19. The summed E-state index contributed by atoms with van der Waals surface area (Å²) in [5, 5.41) is 0. The second-order valence-electron chi connectivity index (χ2n) is 14.6. The van der Waals surface area contributed by atoms with Crippen molar-refractivity contribution in [2.75, 3.05) is 13.2 Å². The van der Waals surface area contributed by atoms with Crippen LogP contribution in [0.25, 0.3) is 0 Å². The van der Waals surface area contributed by atoms with Crippen molar-refractivity contribution in [2.45, 2.75) is 155 Å².